The van der Waals surface area contributed by atoms with E-state index in [1.165, 1.54) is 30.6 Å². The van der Waals surface area contributed by atoms with Gasteiger partial charge in [0.2, 0.25) is 0 Å². The quantitative estimate of drug-likeness (QED) is 0.399. The molecule has 0 aliphatic rings. The number of benzene rings is 3. The molecule has 0 spiro atoms. The highest BCUT2D eigenvalue weighted by atomic mass is 19.4. The Morgan fingerprint density at radius 1 is 0.710 bits per heavy atom. The van der Waals surface area contributed by atoms with Crippen molar-refractivity contribution >= 4 is 10.9 Å². The predicted molar refractivity (Wildman–Crippen MR) is 110 cm³/mol. The molecule has 8 heteroatoms. The van der Waals surface area contributed by atoms with Crippen molar-refractivity contribution in [2.45, 2.75) is 6.36 Å². The maximum atomic E-state index is 12.4. The van der Waals surface area contributed by atoms with Gasteiger partial charge in [0.1, 0.15) is 12.1 Å². The molecule has 1 aromatic heterocycles. The zero-order valence-corrected chi connectivity index (χ0v) is 16.6. The van der Waals surface area contributed by atoms with Gasteiger partial charge in [-0.05, 0) is 59.7 Å². The van der Waals surface area contributed by atoms with E-state index in [-0.39, 0.29) is 5.75 Å². The maximum absolute atomic E-state index is 12.4. The molecule has 5 nitrogen and oxygen atoms in total. The molecule has 0 radical (unpaired) electrons. The summed E-state index contributed by atoms with van der Waals surface area (Å²) in [5.74, 6) is 0.933. The first kappa shape index (κ1) is 20.5. The highest BCUT2D eigenvalue weighted by Crippen LogP contribution is 2.35. The Labute approximate surface area is 176 Å². The summed E-state index contributed by atoms with van der Waals surface area (Å²) in [7, 11) is 3.14. The van der Waals surface area contributed by atoms with Crippen LogP contribution in [0.25, 0.3) is 33.3 Å². The third-order valence-corrected chi connectivity index (χ3v) is 4.71. The molecule has 0 unspecified atom stereocenters. The topological polar surface area (TPSA) is 53.5 Å². The number of ether oxygens (including phenoxy) is 3. The summed E-state index contributed by atoms with van der Waals surface area (Å²) in [5, 5.41) is 0.763. The summed E-state index contributed by atoms with van der Waals surface area (Å²) >= 11 is 0. The lowest BCUT2D eigenvalue weighted by Crippen LogP contribution is -2.16. The van der Waals surface area contributed by atoms with Crippen LogP contribution in [-0.4, -0.2) is 30.5 Å². The Morgan fingerprint density at radius 2 is 1.35 bits per heavy atom. The number of methoxy groups -OCH3 is 2. The molecule has 0 atom stereocenters. The van der Waals surface area contributed by atoms with Gasteiger partial charge in [0, 0.05) is 10.9 Å². The lowest BCUT2D eigenvalue weighted by atomic mass is 10.00. The van der Waals surface area contributed by atoms with Crippen LogP contribution in [0.15, 0.2) is 67.0 Å². The van der Waals surface area contributed by atoms with E-state index in [9.17, 15) is 13.2 Å². The molecule has 3 aromatic carbocycles. The standard InChI is InChI=1S/C23H17F3N2O3/c1-29-20-10-6-16(12-21(20)30-2)15-5-9-19-18(11-15)22(28-13-27-19)14-3-7-17(8-4-14)31-23(24,25)26/h3-13H,1-2H3. The summed E-state index contributed by atoms with van der Waals surface area (Å²) in [5.41, 5.74) is 3.77. The largest absolute Gasteiger partial charge is 0.573 e. The van der Waals surface area contributed by atoms with Crippen LogP contribution in [0.2, 0.25) is 0 Å². The Balaban J connectivity index is 1.76. The van der Waals surface area contributed by atoms with Gasteiger partial charge in [-0.25, -0.2) is 9.97 Å². The number of halogens is 3. The van der Waals surface area contributed by atoms with Gasteiger partial charge in [0.15, 0.2) is 11.5 Å². The lowest BCUT2D eigenvalue weighted by Gasteiger charge is -2.12. The van der Waals surface area contributed by atoms with E-state index < -0.39 is 6.36 Å². The molecule has 4 aromatic rings. The minimum absolute atomic E-state index is 0.291. The molecule has 158 valence electrons. The second-order valence-electron chi connectivity index (χ2n) is 6.60. The van der Waals surface area contributed by atoms with Crippen molar-refractivity contribution in [3.63, 3.8) is 0 Å². The molecular formula is C23H17F3N2O3. The van der Waals surface area contributed by atoms with Gasteiger partial charge in [-0.3, -0.25) is 0 Å². The average molecular weight is 426 g/mol. The second-order valence-corrected chi connectivity index (χ2v) is 6.60. The van der Waals surface area contributed by atoms with E-state index in [1.54, 1.807) is 14.2 Å². The molecule has 0 N–H and O–H groups in total. The molecular weight excluding hydrogens is 409 g/mol. The number of hydrogen-bond donors (Lipinski definition) is 0. The smallest absolute Gasteiger partial charge is 0.493 e. The maximum Gasteiger partial charge on any atom is 0.573 e. The van der Waals surface area contributed by atoms with Crippen LogP contribution in [0.3, 0.4) is 0 Å². The molecule has 0 bridgehead atoms. The van der Waals surface area contributed by atoms with E-state index in [0.717, 1.165) is 16.5 Å². The molecule has 0 saturated carbocycles. The average Bonchev–Trinajstić information content (AvgIpc) is 2.77. The lowest BCUT2D eigenvalue weighted by molar-refractivity contribution is -0.274. The molecule has 0 aliphatic carbocycles. The summed E-state index contributed by atoms with van der Waals surface area (Å²) in [6, 6.07) is 16.9. The Morgan fingerprint density at radius 3 is 2.03 bits per heavy atom. The van der Waals surface area contributed by atoms with Gasteiger partial charge in [0.25, 0.3) is 0 Å². The third kappa shape index (κ3) is 4.37. The summed E-state index contributed by atoms with van der Waals surface area (Å²) in [6.07, 6.45) is -3.31. The first-order valence-corrected chi connectivity index (χ1v) is 9.21. The van der Waals surface area contributed by atoms with E-state index in [4.69, 9.17) is 9.47 Å². The van der Waals surface area contributed by atoms with Crippen LogP contribution >= 0.6 is 0 Å². The third-order valence-electron chi connectivity index (χ3n) is 4.71. The molecule has 0 saturated heterocycles. The molecule has 1 heterocycles. The van der Waals surface area contributed by atoms with E-state index in [1.807, 2.05) is 36.4 Å². The number of fused-ring (bicyclic) bond motifs is 1. The van der Waals surface area contributed by atoms with Crippen molar-refractivity contribution in [2.24, 2.45) is 0 Å². The summed E-state index contributed by atoms with van der Waals surface area (Å²) < 4.78 is 51.9. The number of aromatic nitrogens is 2. The van der Waals surface area contributed by atoms with Crippen molar-refractivity contribution in [1.29, 1.82) is 0 Å². The first-order chi connectivity index (χ1) is 14.9. The van der Waals surface area contributed by atoms with Crippen molar-refractivity contribution in [1.82, 2.24) is 9.97 Å². The number of nitrogens with zero attached hydrogens (tertiary/aromatic N) is 2. The SMILES string of the molecule is COc1ccc(-c2ccc3ncnc(-c4ccc(OC(F)(F)F)cc4)c3c2)cc1OC. The number of rotatable bonds is 5. The van der Waals surface area contributed by atoms with Crippen molar-refractivity contribution < 1.29 is 27.4 Å². The van der Waals surface area contributed by atoms with E-state index in [2.05, 4.69) is 14.7 Å². The summed E-state index contributed by atoms with van der Waals surface area (Å²) in [6.45, 7) is 0. The molecule has 0 fully saturated rings. The monoisotopic (exact) mass is 426 g/mol. The van der Waals surface area contributed by atoms with Crippen LogP contribution < -0.4 is 14.2 Å². The van der Waals surface area contributed by atoms with Gasteiger partial charge in [-0.15, -0.1) is 13.2 Å². The minimum atomic E-state index is -4.74. The normalized spacial score (nSPS) is 11.4. The number of hydrogen-bond acceptors (Lipinski definition) is 5. The second kappa shape index (κ2) is 8.14. The molecule has 31 heavy (non-hydrogen) atoms. The highest BCUT2D eigenvalue weighted by Gasteiger charge is 2.31. The van der Waals surface area contributed by atoms with Gasteiger partial charge < -0.3 is 14.2 Å². The summed E-state index contributed by atoms with van der Waals surface area (Å²) in [4.78, 5) is 8.66. The van der Waals surface area contributed by atoms with Crippen LogP contribution in [0, 0.1) is 0 Å². The molecule has 4 rings (SSSR count). The van der Waals surface area contributed by atoms with Crippen LogP contribution in [0.1, 0.15) is 0 Å². The van der Waals surface area contributed by atoms with Crippen molar-refractivity contribution in [2.75, 3.05) is 14.2 Å². The van der Waals surface area contributed by atoms with Crippen LogP contribution in [0.4, 0.5) is 13.2 Å². The minimum Gasteiger partial charge on any atom is -0.493 e. The van der Waals surface area contributed by atoms with Gasteiger partial charge in [0.05, 0.1) is 25.4 Å². The Kier molecular flexibility index (Phi) is 5.37. The highest BCUT2D eigenvalue weighted by molar-refractivity contribution is 5.95. The fraction of sp³-hybridized carbons (Fsp3) is 0.130. The molecule has 0 amide bonds. The zero-order valence-electron chi connectivity index (χ0n) is 16.6. The van der Waals surface area contributed by atoms with Crippen molar-refractivity contribution in [3.8, 4) is 39.6 Å². The van der Waals surface area contributed by atoms with Crippen molar-refractivity contribution in [3.05, 3.63) is 67.0 Å². The Bertz CT molecular complexity index is 1230. The van der Waals surface area contributed by atoms with Gasteiger partial charge in [-0.1, -0.05) is 12.1 Å². The zero-order chi connectivity index (χ0) is 22.0. The number of alkyl halides is 3. The van der Waals surface area contributed by atoms with E-state index in [0.29, 0.717) is 28.3 Å². The Hall–Kier alpha value is -3.81. The van der Waals surface area contributed by atoms with Crippen LogP contribution in [-0.2, 0) is 0 Å². The fourth-order valence-electron chi connectivity index (χ4n) is 3.30. The van der Waals surface area contributed by atoms with Gasteiger partial charge in [-0.2, -0.15) is 0 Å². The molecule has 0 aliphatic heterocycles. The van der Waals surface area contributed by atoms with Gasteiger partial charge >= 0.3 is 6.36 Å². The van der Waals surface area contributed by atoms with Crippen LogP contribution in [0.5, 0.6) is 17.2 Å². The predicted octanol–water partition coefficient (Wildman–Crippen LogP) is 5.88. The van der Waals surface area contributed by atoms with E-state index >= 15 is 0 Å². The first-order valence-electron chi connectivity index (χ1n) is 9.21. The fourth-order valence-corrected chi connectivity index (χ4v) is 3.30.